The summed E-state index contributed by atoms with van der Waals surface area (Å²) < 4.78 is 1.08. The molecule has 0 amide bonds. The average molecular weight is 257 g/mol. The first-order chi connectivity index (χ1) is 6.58. The minimum atomic E-state index is -0.218. The molecule has 0 aliphatic rings. The predicted octanol–water partition coefficient (Wildman–Crippen LogP) is 3.40. The summed E-state index contributed by atoms with van der Waals surface area (Å²) in [6.07, 6.45) is 1.40. The number of halogens is 1. The topological polar surface area (TPSA) is 20.2 Å². The molecule has 1 unspecified atom stereocenters. The highest BCUT2D eigenvalue weighted by Gasteiger charge is 2.07. The molecule has 1 atom stereocenters. The Balaban J connectivity index is 2.51. The first-order valence-corrected chi connectivity index (χ1v) is 5.79. The second-order valence-corrected chi connectivity index (χ2v) is 5.03. The minimum Gasteiger partial charge on any atom is -0.393 e. The summed E-state index contributed by atoms with van der Waals surface area (Å²) >= 11 is 3.42. The summed E-state index contributed by atoms with van der Waals surface area (Å²) in [6.45, 7) is 4.26. The molecule has 0 heterocycles. The van der Waals surface area contributed by atoms with E-state index in [0.29, 0.717) is 5.92 Å². The average Bonchev–Trinajstić information content (AvgIpc) is 2.01. The van der Waals surface area contributed by atoms with Gasteiger partial charge in [-0.15, -0.1) is 0 Å². The van der Waals surface area contributed by atoms with E-state index >= 15 is 0 Å². The molecule has 0 aliphatic heterocycles. The monoisotopic (exact) mass is 256 g/mol. The third-order valence-corrected chi connectivity index (χ3v) is 2.60. The second kappa shape index (κ2) is 5.52. The van der Waals surface area contributed by atoms with Gasteiger partial charge in [0, 0.05) is 4.47 Å². The number of hydrogen-bond donors (Lipinski definition) is 1. The van der Waals surface area contributed by atoms with Gasteiger partial charge >= 0.3 is 0 Å². The molecule has 1 aromatic rings. The minimum absolute atomic E-state index is 0.218. The number of rotatable bonds is 4. The molecule has 14 heavy (non-hydrogen) atoms. The van der Waals surface area contributed by atoms with Crippen molar-refractivity contribution in [2.75, 3.05) is 0 Å². The zero-order valence-corrected chi connectivity index (χ0v) is 10.3. The predicted molar refractivity (Wildman–Crippen MR) is 63.3 cm³/mol. The van der Waals surface area contributed by atoms with Crippen LogP contribution >= 0.6 is 15.9 Å². The van der Waals surface area contributed by atoms with E-state index in [0.717, 1.165) is 17.3 Å². The Labute approximate surface area is 94.3 Å². The highest BCUT2D eigenvalue weighted by atomic mass is 79.9. The highest BCUT2D eigenvalue weighted by Crippen LogP contribution is 2.15. The molecule has 1 rings (SSSR count). The molecule has 0 saturated carbocycles. The van der Waals surface area contributed by atoms with E-state index in [9.17, 15) is 5.11 Å². The van der Waals surface area contributed by atoms with Crippen LogP contribution in [0.25, 0.3) is 0 Å². The Kier molecular flexibility index (Phi) is 4.63. The third-order valence-electron chi connectivity index (χ3n) is 2.10. The van der Waals surface area contributed by atoms with Gasteiger partial charge in [-0.2, -0.15) is 0 Å². The van der Waals surface area contributed by atoms with Crippen molar-refractivity contribution >= 4 is 15.9 Å². The maximum Gasteiger partial charge on any atom is 0.0583 e. The number of aliphatic hydroxyl groups is 1. The van der Waals surface area contributed by atoms with Crippen LogP contribution in [-0.4, -0.2) is 11.2 Å². The molecular formula is C12H17BrO. The van der Waals surface area contributed by atoms with Crippen LogP contribution in [0.1, 0.15) is 25.8 Å². The largest absolute Gasteiger partial charge is 0.393 e. The Morgan fingerprint density at radius 1 is 1.36 bits per heavy atom. The van der Waals surface area contributed by atoms with Crippen molar-refractivity contribution in [3.05, 3.63) is 34.3 Å². The molecule has 0 fully saturated rings. The van der Waals surface area contributed by atoms with Crippen molar-refractivity contribution in [1.82, 2.24) is 0 Å². The SMILES string of the molecule is CC(C)CC(O)Cc1cccc(Br)c1. The smallest absolute Gasteiger partial charge is 0.0583 e. The van der Waals surface area contributed by atoms with Gasteiger partial charge in [-0.3, -0.25) is 0 Å². The molecule has 0 aliphatic carbocycles. The van der Waals surface area contributed by atoms with Gasteiger partial charge in [0.2, 0.25) is 0 Å². The lowest BCUT2D eigenvalue weighted by atomic mass is 10.00. The quantitative estimate of drug-likeness (QED) is 0.876. The van der Waals surface area contributed by atoms with Crippen LogP contribution in [0.5, 0.6) is 0 Å². The van der Waals surface area contributed by atoms with Crippen LogP contribution in [0, 0.1) is 5.92 Å². The first-order valence-electron chi connectivity index (χ1n) is 5.00. The lowest BCUT2D eigenvalue weighted by molar-refractivity contribution is 0.149. The van der Waals surface area contributed by atoms with E-state index in [1.54, 1.807) is 0 Å². The number of aliphatic hydroxyl groups excluding tert-OH is 1. The van der Waals surface area contributed by atoms with Crippen LogP contribution in [0.2, 0.25) is 0 Å². The van der Waals surface area contributed by atoms with Crippen LogP contribution in [0.3, 0.4) is 0 Å². The van der Waals surface area contributed by atoms with Gasteiger partial charge in [-0.25, -0.2) is 0 Å². The molecule has 0 radical (unpaired) electrons. The number of benzene rings is 1. The fraction of sp³-hybridized carbons (Fsp3) is 0.500. The summed E-state index contributed by atoms with van der Waals surface area (Å²) in [4.78, 5) is 0. The molecule has 0 spiro atoms. The summed E-state index contributed by atoms with van der Waals surface area (Å²) in [5, 5.41) is 9.75. The van der Waals surface area contributed by atoms with E-state index in [1.165, 1.54) is 5.56 Å². The Morgan fingerprint density at radius 2 is 2.07 bits per heavy atom. The standard InChI is InChI=1S/C12H17BrO/c1-9(2)6-12(14)8-10-4-3-5-11(13)7-10/h3-5,7,9,12,14H,6,8H2,1-2H3. The van der Waals surface area contributed by atoms with Gasteiger partial charge in [-0.05, 0) is 36.5 Å². The molecule has 2 heteroatoms. The Hall–Kier alpha value is -0.340. The molecule has 0 bridgehead atoms. The third kappa shape index (κ3) is 4.25. The van der Waals surface area contributed by atoms with Crippen molar-refractivity contribution in [3.8, 4) is 0 Å². The zero-order valence-electron chi connectivity index (χ0n) is 8.70. The first kappa shape index (κ1) is 11.7. The van der Waals surface area contributed by atoms with E-state index in [1.807, 2.05) is 18.2 Å². The van der Waals surface area contributed by atoms with Crippen LogP contribution in [-0.2, 0) is 6.42 Å². The van der Waals surface area contributed by atoms with Gasteiger partial charge < -0.3 is 5.11 Å². The molecule has 78 valence electrons. The molecule has 1 aromatic carbocycles. The van der Waals surface area contributed by atoms with Crippen LogP contribution in [0.15, 0.2) is 28.7 Å². The van der Waals surface area contributed by atoms with Gasteiger partial charge in [0.25, 0.3) is 0 Å². The molecule has 0 aromatic heterocycles. The van der Waals surface area contributed by atoms with Crippen molar-refractivity contribution in [2.24, 2.45) is 5.92 Å². The molecular weight excluding hydrogens is 240 g/mol. The Bertz CT molecular complexity index is 283. The summed E-state index contributed by atoms with van der Waals surface area (Å²) in [5.74, 6) is 0.553. The Morgan fingerprint density at radius 3 is 2.64 bits per heavy atom. The van der Waals surface area contributed by atoms with Gasteiger partial charge in [-0.1, -0.05) is 41.9 Å². The van der Waals surface area contributed by atoms with Crippen molar-refractivity contribution in [1.29, 1.82) is 0 Å². The molecule has 1 N–H and O–H groups in total. The van der Waals surface area contributed by atoms with Crippen molar-refractivity contribution in [3.63, 3.8) is 0 Å². The van der Waals surface area contributed by atoms with E-state index < -0.39 is 0 Å². The fourth-order valence-electron chi connectivity index (χ4n) is 1.56. The summed E-state index contributed by atoms with van der Waals surface area (Å²) in [6, 6.07) is 8.11. The van der Waals surface area contributed by atoms with Gasteiger partial charge in [0.1, 0.15) is 0 Å². The fourth-order valence-corrected chi connectivity index (χ4v) is 2.01. The van der Waals surface area contributed by atoms with Crippen LogP contribution in [0.4, 0.5) is 0 Å². The van der Waals surface area contributed by atoms with Crippen LogP contribution < -0.4 is 0 Å². The van der Waals surface area contributed by atoms with Gasteiger partial charge in [0.15, 0.2) is 0 Å². The van der Waals surface area contributed by atoms with Crippen molar-refractivity contribution in [2.45, 2.75) is 32.8 Å². The van der Waals surface area contributed by atoms with E-state index in [-0.39, 0.29) is 6.10 Å². The van der Waals surface area contributed by atoms with E-state index in [4.69, 9.17) is 0 Å². The summed E-state index contributed by atoms with van der Waals surface area (Å²) in [7, 11) is 0. The normalized spacial score (nSPS) is 13.2. The zero-order chi connectivity index (χ0) is 10.6. The lowest BCUT2D eigenvalue weighted by Gasteiger charge is -2.12. The second-order valence-electron chi connectivity index (χ2n) is 4.12. The maximum absolute atomic E-state index is 9.75. The maximum atomic E-state index is 9.75. The van der Waals surface area contributed by atoms with Crippen molar-refractivity contribution < 1.29 is 5.11 Å². The summed E-state index contributed by atoms with van der Waals surface area (Å²) in [5.41, 5.74) is 1.19. The highest BCUT2D eigenvalue weighted by molar-refractivity contribution is 9.10. The molecule has 1 nitrogen and oxygen atoms in total. The molecule has 0 saturated heterocycles. The van der Waals surface area contributed by atoms with E-state index in [2.05, 4.69) is 35.8 Å². The van der Waals surface area contributed by atoms with Gasteiger partial charge in [0.05, 0.1) is 6.10 Å². The number of hydrogen-bond acceptors (Lipinski definition) is 1. The lowest BCUT2D eigenvalue weighted by Crippen LogP contribution is -2.13.